The first-order valence-corrected chi connectivity index (χ1v) is 13.5. The molecule has 1 aliphatic heterocycles. The molecule has 1 aliphatic rings. The van der Waals surface area contributed by atoms with Gasteiger partial charge in [-0.25, -0.2) is 0 Å². The Kier molecular flexibility index (Phi) is 8.47. The summed E-state index contributed by atoms with van der Waals surface area (Å²) in [6, 6.07) is 20.6. The van der Waals surface area contributed by atoms with Gasteiger partial charge in [-0.15, -0.1) is 13.2 Å². The number of alkyl halides is 3. The Labute approximate surface area is 231 Å². The number of benzene rings is 3. The van der Waals surface area contributed by atoms with Crippen LogP contribution in [-0.2, 0) is 19.6 Å². The zero-order valence-corrected chi connectivity index (χ0v) is 22.4. The molecule has 206 valence electrons. The van der Waals surface area contributed by atoms with Gasteiger partial charge in [0.05, 0.1) is 0 Å². The van der Waals surface area contributed by atoms with Crippen molar-refractivity contribution in [2.24, 2.45) is 5.73 Å². The largest absolute Gasteiger partial charge is 0.573 e. The van der Waals surface area contributed by atoms with Crippen molar-refractivity contribution in [3.63, 3.8) is 0 Å². The summed E-state index contributed by atoms with van der Waals surface area (Å²) in [5, 5.41) is 1.83. The second-order valence-corrected chi connectivity index (χ2v) is 10.4. The van der Waals surface area contributed by atoms with Gasteiger partial charge in [0.25, 0.3) is 0 Å². The molecule has 1 saturated heterocycles. The number of nitrogens with two attached hydrogens (primary N) is 1. The van der Waals surface area contributed by atoms with E-state index in [0.29, 0.717) is 6.54 Å². The molecule has 2 heterocycles. The molecule has 3 aromatic carbocycles. The molecule has 0 bridgehead atoms. The van der Waals surface area contributed by atoms with Crippen molar-refractivity contribution in [3.05, 3.63) is 89.1 Å². The van der Waals surface area contributed by atoms with Gasteiger partial charge < -0.3 is 15.0 Å². The summed E-state index contributed by atoms with van der Waals surface area (Å²) in [6.07, 6.45) is -1.81. The van der Waals surface area contributed by atoms with Gasteiger partial charge in [0.1, 0.15) is 5.75 Å². The van der Waals surface area contributed by atoms with Crippen molar-refractivity contribution in [2.75, 3.05) is 32.7 Å². The van der Waals surface area contributed by atoms with E-state index < -0.39 is 6.36 Å². The average molecular weight is 557 g/mol. The Balaban J connectivity index is 1.31. The van der Waals surface area contributed by atoms with E-state index in [2.05, 4.69) is 55.6 Å². The van der Waals surface area contributed by atoms with Gasteiger partial charge in [-0.05, 0) is 66.1 Å². The zero-order valence-electron chi connectivity index (χ0n) is 21.6. The maximum atomic E-state index is 12.6. The van der Waals surface area contributed by atoms with E-state index in [0.717, 1.165) is 79.3 Å². The van der Waals surface area contributed by atoms with Gasteiger partial charge in [0.2, 0.25) is 0 Å². The molecule has 0 atom stereocenters. The Bertz CT molecular complexity index is 1380. The van der Waals surface area contributed by atoms with Crippen LogP contribution in [0.3, 0.4) is 0 Å². The summed E-state index contributed by atoms with van der Waals surface area (Å²) in [5.41, 5.74) is 11.1. The summed E-state index contributed by atoms with van der Waals surface area (Å²) in [7, 11) is 0. The topological polar surface area (TPSA) is 46.7 Å². The minimum atomic E-state index is -4.71. The smallest absolute Gasteiger partial charge is 0.406 e. The van der Waals surface area contributed by atoms with E-state index in [4.69, 9.17) is 17.3 Å². The first kappa shape index (κ1) is 27.5. The first-order valence-electron chi connectivity index (χ1n) is 13.1. The molecule has 0 saturated carbocycles. The van der Waals surface area contributed by atoms with Crippen LogP contribution < -0.4 is 10.5 Å². The fourth-order valence-corrected chi connectivity index (χ4v) is 5.29. The number of rotatable bonds is 9. The van der Waals surface area contributed by atoms with Gasteiger partial charge in [-0.3, -0.25) is 9.80 Å². The van der Waals surface area contributed by atoms with Gasteiger partial charge in [0.15, 0.2) is 0 Å². The molecule has 9 heteroatoms. The van der Waals surface area contributed by atoms with Crippen LogP contribution in [0.25, 0.3) is 22.0 Å². The predicted octanol–water partition coefficient (Wildman–Crippen LogP) is 6.53. The Hall–Kier alpha value is -3.04. The van der Waals surface area contributed by atoms with Gasteiger partial charge in [-0.2, -0.15) is 0 Å². The second kappa shape index (κ2) is 12.0. The molecule has 5 nitrogen and oxygen atoms in total. The minimum absolute atomic E-state index is 0.228. The number of hydrogen-bond acceptors (Lipinski definition) is 4. The van der Waals surface area contributed by atoms with Crippen molar-refractivity contribution >= 4 is 22.5 Å². The van der Waals surface area contributed by atoms with Crippen molar-refractivity contribution in [2.45, 2.75) is 32.4 Å². The number of hydrogen-bond donors (Lipinski definition) is 1. The van der Waals surface area contributed by atoms with Crippen molar-refractivity contribution in [1.29, 1.82) is 0 Å². The van der Waals surface area contributed by atoms with Crippen LogP contribution in [0.4, 0.5) is 13.2 Å². The Morgan fingerprint density at radius 3 is 2.05 bits per heavy atom. The highest BCUT2D eigenvalue weighted by molar-refractivity contribution is 6.30. The number of nitrogens with zero attached hydrogens (tertiary/aromatic N) is 3. The predicted molar refractivity (Wildman–Crippen MR) is 150 cm³/mol. The van der Waals surface area contributed by atoms with Gasteiger partial charge >= 0.3 is 6.36 Å². The van der Waals surface area contributed by atoms with Crippen LogP contribution in [0.15, 0.2) is 72.9 Å². The number of piperazine rings is 1. The standard InChI is InChI=1S/C30H32ClF3N4O/c31-25-7-2-22(3-8-25)19-36-14-16-37(17-15-36)20-23-4-11-29-27(18-23)28(21-38(29)13-1-12-35)24-5-9-26(10-6-24)39-30(32,33)34/h2-11,18,21H,1,12-17,19-20,35H2. The van der Waals surface area contributed by atoms with E-state index in [9.17, 15) is 13.2 Å². The summed E-state index contributed by atoms with van der Waals surface area (Å²) in [5.74, 6) is -0.228. The molecular formula is C30H32ClF3N4O. The summed E-state index contributed by atoms with van der Waals surface area (Å²) in [6.45, 7) is 7.08. The monoisotopic (exact) mass is 556 g/mol. The molecule has 0 spiro atoms. The number of aryl methyl sites for hydroxylation is 1. The Morgan fingerprint density at radius 1 is 0.821 bits per heavy atom. The van der Waals surface area contributed by atoms with Crippen LogP contribution in [0.2, 0.25) is 5.02 Å². The molecule has 1 aromatic heterocycles. The number of ether oxygens (including phenoxy) is 1. The average Bonchev–Trinajstić information content (AvgIpc) is 3.27. The maximum Gasteiger partial charge on any atom is 0.573 e. The molecule has 1 fully saturated rings. The molecule has 2 N–H and O–H groups in total. The molecule has 4 aromatic rings. The molecule has 5 rings (SSSR count). The highest BCUT2D eigenvalue weighted by Crippen LogP contribution is 2.34. The van der Waals surface area contributed by atoms with E-state index in [1.165, 1.54) is 23.3 Å². The van der Waals surface area contributed by atoms with Crippen LogP contribution in [0, 0.1) is 0 Å². The molecule has 0 aliphatic carbocycles. The molecule has 0 radical (unpaired) electrons. The van der Waals surface area contributed by atoms with E-state index in [1.54, 1.807) is 12.1 Å². The summed E-state index contributed by atoms with van der Waals surface area (Å²) >= 11 is 6.01. The second-order valence-electron chi connectivity index (χ2n) is 9.98. The fraction of sp³-hybridized carbons (Fsp3) is 0.333. The summed E-state index contributed by atoms with van der Waals surface area (Å²) < 4.78 is 44.1. The molecule has 0 amide bonds. The van der Waals surface area contributed by atoms with Crippen LogP contribution in [0.5, 0.6) is 5.75 Å². The minimum Gasteiger partial charge on any atom is -0.406 e. The van der Waals surface area contributed by atoms with Gasteiger partial charge in [-0.1, -0.05) is 41.9 Å². The first-order chi connectivity index (χ1) is 18.8. The third kappa shape index (κ3) is 7.13. The Morgan fingerprint density at radius 2 is 1.44 bits per heavy atom. The molecule has 0 unspecified atom stereocenters. The highest BCUT2D eigenvalue weighted by atomic mass is 35.5. The van der Waals surface area contributed by atoms with Crippen LogP contribution in [0.1, 0.15) is 17.5 Å². The number of fused-ring (bicyclic) bond motifs is 1. The highest BCUT2D eigenvalue weighted by Gasteiger charge is 2.31. The van der Waals surface area contributed by atoms with Crippen molar-refractivity contribution < 1.29 is 17.9 Å². The van der Waals surface area contributed by atoms with Crippen LogP contribution in [-0.4, -0.2) is 53.5 Å². The van der Waals surface area contributed by atoms with Crippen LogP contribution >= 0.6 is 11.6 Å². The van der Waals surface area contributed by atoms with Gasteiger partial charge in [0, 0.05) is 73.5 Å². The SMILES string of the molecule is NCCCn1cc(-c2ccc(OC(F)(F)F)cc2)c2cc(CN3CCN(Cc4ccc(Cl)cc4)CC3)ccc21. The molecular weight excluding hydrogens is 525 g/mol. The quantitative estimate of drug-likeness (QED) is 0.255. The maximum absolute atomic E-state index is 12.6. The number of halogens is 4. The third-order valence-corrected chi connectivity index (χ3v) is 7.39. The zero-order chi connectivity index (χ0) is 27.4. The lowest BCUT2D eigenvalue weighted by atomic mass is 10.0. The third-order valence-electron chi connectivity index (χ3n) is 7.14. The van der Waals surface area contributed by atoms with Crippen molar-refractivity contribution in [1.82, 2.24) is 14.4 Å². The molecule has 39 heavy (non-hydrogen) atoms. The van der Waals surface area contributed by atoms with Crippen molar-refractivity contribution in [3.8, 4) is 16.9 Å². The lowest BCUT2D eigenvalue weighted by molar-refractivity contribution is -0.274. The van der Waals surface area contributed by atoms with E-state index in [-0.39, 0.29) is 5.75 Å². The van der Waals surface area contributed by atoms with E-state index >= 15 is 0 Å². The summed E-state index contributed by atoms with van der Waals surface area (Å²) in [4.78, 5) is 4.93. The lowest BCUT2D eigenvalue weighted by Gasteiger charge is -2.34. The number of aromatic nitrogens is 1. The lowest BCUT2D eigenvalue weighted by Crippen LogP contribution is -2.45. The fourth-order valence-electron chi connectivity index (χ4n) is 5.17. The normalized spacial score (nSPS) is 15.2. The van der Waals surface area contributed by atoms with E-state index in [1.807, 2.05) is 12.1 Å².